The molecule has 1 saturated carbocycles. The van der Waals surface area contributed by atoms with Crippen molar-refractivity contribution in [2.45, 2.75) is 38.0 Å². The number of likely N-dealkylation sites (N-methyl/N-ethyl adjacent to an activating group) is 1. The third-order valence-electron chi connectivity index (χ3n) is 3.93. The fourth-order valence-corrected chi connectivity index (χ4v) is 2.68. The van der Waals surface area contributed by atoms with Crippen molar-refractivity contribution < 1.29 is 4.74 Å². The minimum absolute atomic E-state index is 0.0946. The largest absolute Gasteiger partial charge is 0.378 e. The summed E-state index contributed by atoms with van der Waals surface area (Å²) in [5, 5.41) is 0. The van der Waals surface area contributed by atoms with Gasteiger partial charge < -0.3 is 10.5 Å². The van der Waals surface area contributed by atoms with Crippen LogP contribution in [0.25, 0.3) is 0 Å². The lowest BCUT2D eigenvalue weighted by molar-refractivity contribution is -0.0950. The van der Waals surface area contributed by atoms with Gasteiger partial charge in [-0.05, 0) is 38.9 Å². The molecule has 0 radical (unpaired) electrons. The van der Waals surface area contributed by atoms with Crippen molar-refractivity contribution in [3.63, 3.8) is 0 Å². The molecule has 1 heterocycles. The summed E-state index contributed by atoms with van der Waals surface area (Å²) in [7, 11) is 2.13. The summed E-state index contributed by atoms with van der Waals surface area (Å²) in [6, 6.07) is 6.02. The van der Waals surface area contributed by atoms with E-state index >= 15 is 0 Å². The molecule has 4 heteroatoms. The lowest BCUT2D eigenvalue weighted by Crippen LogP contribution is -2.62. The van der Waals surface area contributed by atoms with Crippen LogP contribution >= 0.6 is 0 Å². The molecule has 4 nitrogen and oxygen atoms in total. The first kappa shape index (κ1) is 13.5. The van der Waals surface area contributed by atoms with Gasteiger partial charge in [0, 0.05) is 31.4 Å². The van der Waals surface area contributed by atoms with Crippen molar-refractivity contribution in [1.29, 1.82) is 0 Å². The van der Waals surface area contributed by atoms with Gasteiger partial charge in [-0.15, -0.1) is 0 Å². The number of rotatable bonds is 6. The number of hydrogen-bond donors (Lipinski definition) is 1. The summed E-state index contributed by atoms with van der Waals surface area (Å²) in [6.45, 7) is 4.35. The molecule has 1 aliphatic carbocycles. The maximum absolute atomic E-state index is 5.96. The second kappa shape index (κ2) is 5.78. The summed E-state index contributed by atoms with van der Waals surface area (Å²) in [4.78, 5) is 6.69. The number of ether oxygens (including phenoxy) is 1. The van der Waals surface area contributed by atoms with Gasteiger partial charge >= 0.3 is 0 Å². The van der Waals surface area contributed by atoms with Crippen molar-refractivity contribution in [3.05, 3.63) is 30.1 Å². The molecular weight excluding hydrogens is 226 g/mol. The Morgan fingerprint density at radius 3 is 2.83 bits per heavy atom. The molecule has 0 bridgehead atoms. The molecule has 100 valence electrons. The third kappa shape index (κ3) is 2.71. The fourth-order valence-electron chi connectivity index (χ4n) is 2.68. The molecule has 0 aliphatic heterocycles. The van der Waals surface area contributed by atoms with Gasteiger partial charge in [-0.25, -0.2) is 0 Å². The summed E-state index contributed by atoms with van der Waals surface area (Å²) in [5.41, 5.74) is 7.15. The molecule has 1 aromatic rings. The second-order valence-electron chi connectivity index (χ2n) is 5.09. The number of aromatic nitrogens is 1. The molecule has 18 heavy (non-hydrogen) atoms. The Morgan fingerprint density at radius 1 is 1.50 bits per heavy atom. The smallest absolute Gasteiger partial charge is 0.0611 e. The van der Waals surface area contributed by atoms with Gasteiger partial charge in [0.2, 0.25) is 0 Å². The molecule has 1 aliphatic rings. The van der Waals surface area contributed by atoms with Crippen molar-refractivity contribution >= 4 is 0 Å². The maximum atomic E-state index is 5.96. The fraction of sp³-hybridized carbons (Fsp3) is 0.643. The van der Waals surface area contributed by atoms with Gasteiger partial charge in [0.05, 0.1) is 11.8 Å². The molecule has 1 aromatic heterocycles. The van der Waals surface area contributed by atoms with Gasteiger partial charge in [-0.2, -0.15) is 0 Å². The highest BCUT2D eigenvalue weighted by Crippen LogP contribution is 2.38. The van der Waals surface area contributed by atoms with Gasteiger partial charge in [-0.1, -0.05) is 6.07 Å². The van der Waals surface area contributed by atoms with Gasteiger partial charge in [-0.3, -0.25) is 9.88 Å². The average molecular weight is 249 g/mol. The van der Waals surface area contributed by atoms with Gasteiger partial charge in [0.25, 0.3) is 0 Å². The number of hydrogen-bond acceptors (Lipinski definition) is 4. The molecule has 0 amide bonds. The predicted molar refractivity (Wildman–Crippen MR) is 72.1 cm³/mol. The van der Waals surface area contributed by atoms with E-state index in [4.69, 9.17) is 10.5 Å². The van der Waals surface area contributed by atoms with E-state index in [1.807, 2.05) is 25.3 Å². The molecule has 1 fully saturated rings. The second-order valence-corrected chi connectivity index (χ2v) is 5.09. The lowest BCUT2D eigenvalue weighted by Gasteiger charge is -2.52. The third-order valence-corrected chi connectivity index (χ3v) is 3.93. The van der Waals surface area contributed by atoms with E-state index in [1.54, 1.807) is 0 Å². The summed E-state index contributed by atoms with van der Waals surface area (Å²) in [6.07, 6.45) is 4.27. The SMILES string of the molecule is CCOC1CC(CN)(N(C)Cc2ccccn2)C1. The summed E-state index contributed by atoms with van der Waals surface area (Å²) < 4.78 is 5.64. The van der Waals surface area contributed by atoms with Gasteiger partial charge in [0.15, 0.2) is 0 Å². The van der Waals surface area contributed by atoms with E-state index in [-0.39, 0.29) is 5.54 Å². The van der Waals surface area contributed by atoms with Crippen LogP contribution in [0.5, 0.6) is 0 Å². The van der Waals surface area contributed by atoms with Crippen LogP contribution in [-0.4, -0.2) is 41.7 Å². The maximum Gasteiger partial charge on any atom is 0.0611 e. The van der Waals surface area contributed by atoms with E-state index < -0.39 is 0 Å². The average Bonchev–Trinajstić information content (AvgIpc) is 2.34. The van der Waals surface area contributed by atoms with Crippen molar-refractivity contribution in [3.8, 4) is 0 Å². The van der Waals surface area contributed by atoms with Crippen molar-refractivity contribution in [2.24, 2.45) is 5.73 Å². The molecule has 0 aromatic carbocycles. The van der Waals surface area contributed by atoms with Crippen LogP contribution in [0.4, 0.5) is 0 Å². The first-order chi connectivity index (χ1) is 8.70. The predicted octanol–water partition coefficient (Wildman–Crippen LogP) is 1.41. The van der Waals surface area contributed by atoms with E-state index in [1.165, 1.54) is 0 Å². The van der Waals surface area contributed by atoms with Crippen LogP contribution in [0.3, 0.4) is 0 Å². The van der Waals surface area contributed by atoms with Crippen LogP contribution in [0, 0.1) is 0 Å². The van der Waals surface area contributed by atoms with E-state index in [9.17, 15) is 0 Å². The minimum Gasteiger partial charge on any atom is -0.378 e. The monoisotopic (exact) mass is 249 g/mol. The number of nitrogens with zero attached hydrogens (tertiary/aromatic N) is 2. The minimum atomic E-state index is 0.0946. The zero-order valence-electron chi connectivity index (χ0n) is 11.3. The van der Waals surface area contributed by atoms with Crippen LogP contribution in [0.1, 0.15) is 25.5 Å². The molecule has 0 saturated heterocycles. The highest BCUT2D eigenvalue weighted by Gasteiger charge is 2.46. The Morgan fingerprint density at radius 2 is 2.28 bits per heavy atom. The normalized spacial score (nSPS) is 27.2. The van der Waals surface area contributed by atoms with E-state index in [2.05, 4.69) is 23.0 Å². The Bertz CT molecular complexity index is 363. The molecular formula is C14H23N3O. The Balaban J connectivity index is 1.93. The van der Waals surface area contributed by atoms with Crippen LogP contribution in [0.2, 0.25) is 0 Å². The zero-order chi connectivity index (χ0) is 13.0. The molecule has 2 N–H and O–H groups in total. The summed E-state index contributed by atoms with van der Waals surface area (Å²) >= 11 is 0. The number of nitrogens with two attached hydrogens (primary N) is 1. The Kier molecular flexibility index (Phi) is 4.32. The topological polar surface area (TPSA) is 51.4 Å². The molecule has 0 atom stereocenters. The van der Waals surface area contributed by atoms with Crippen molar-refractivity contribution in [2.75, 3.05) is 20.2 Å². The van der Waals surface area contributed by atoms with Crippen LogP contribution in [-0.2, 0) is 11.3 Å². The summed E-state index contributed by atoms with van der Waals surface area (Å²) in [5.74, 6) is 0. The van der Waals surface area contributed by atoms with E-state index in [0.717, 1.165) is 31.7 Å². The molecule has 0 unspecified atom stereocenters. The van der Waals surface area contributed by atoms with Crippen LogP contribution in [0.15, 0.2) is 24.4 Å². The zero-order valence-corrected chi connectivity index (χ0v) is 11.3. The Hall–Kier alpha value is -0.970. The first-order valence-corrected chi connectivity index (χ1v) is 6.63. The quantitative estimate of drug-likeness (QED) is 0.828. The molecule has 2 rings (SSSR count). The van der Waals surface area contributed by atoms with Crippen LogP contribution < -0.4 is 5.73 Å². The van der Waals surface area contributed by atoms with E-state index in [0.29, 0.717) is 12.6 Å². The highest BCUT2D eigenvalue weighted by atomic mass is 16.5. The molecule has 0 spiro atoms. The number of pyridine rings is 1. The van der Waals surface area contributed by atoms with Crippen molar-refractivity contribution in [1.82, 2.24) is 9.88 Å². The Labute approximate surface area is 109 Å². The lowest BCUT2D eigenvalue weighted by atomic mass is 9.73. The standard InChI is InChI=1S/C14H23N3O/c1-3-18-13-8-14(9-13,11-15)17(2)10-12-6-4-5-7-16-12/h4-7,13H,3,8-11,15H2,1-2H3. The van der Waals surface area contributed by atoms with Gasteiger partial charge in [0.1, 0.15) is 0 Å². The highest BCUT2D eigenvalue weighted by molar-refractivity contribution is 5.08. The first-order valence-electron chi connectivity index (χ1n) is 6.63.